The minimum absolute atomic E-state index is 0.220. The van der Waals surface area contributed by atoms with E-state index in [9.17, 15) is 5.11 Å². The number of rotatable bonds is 2. The third-order valence-electron chi connectivity index (χ3n) is 3.59. The summed E-state index contributed by atoms with van der Waals surface area (Å²) in [6, 6.07) is 17.1. The van der Waals surface area contributed by atoms with E-state index in [0.717, 1.165) is 0 Å². The standard InChI is InChI=1S/C16H16OS/c1-11(10-17)16-12-6-2-4-8-14(12)18-15-9-5-3-7-13(15)16/h2-9,11,16-17H,10H2,1H3/t11-/m0/s1. The van der Waals surface area contributed by atoms with Crippen LogP contribution >= 0.6 is 11.8 Å². The smallest absolute Gasteiger partial charge is 0.0465 e. The van der Waals surface area contributed by atoms with Gasteiger partial charge in [-0.2, -0.15) is 0 Å². The van der Waals surface area contributed by atoms with Gasteiger partial charge in [-0.1, -0.05) is 55.1 Å². The van der Waals surface area contributed by atoms with Gasteiger partial charge in [0.2, 0.25) is 0 Å². The van der Waals surface area contributed by atoms with Gasteiger partial charge in [-0.25, -0.2) is 0 Å². The van der Waals surface area contributed by atoms with Gasteiger partial charge in [-0.05, 0) is 29.2 Å². The van der Waals surface area contributed by atoms with E-state index in [2.05, 4.69) is 55.5 Å². The van der Waals surface area contributed by atoms with Crippen molar-refractivity contribution >= 4 is 11.8 Å². The van der Waals surface area contributed by atoms with E-state index in [1.165, 1.54) is 20.9 Å². The van der Waals surface area contributed by atoms with Crippen molar-refractivity contribution in [3.05, 3.63) is 59.7 Å². The third-order valence-corrected chi connectivity index (χ3v) is 4.77. The van der Waals surface area contributed by atoms with Crippen LogP contribution in [0.15, 0.2) is 58.3 Å². The zero-order valence-corrected chi connectivity index (χ0v) is 11.2. The molecule has 0 aliphatic carbocycles. The number of aliphatic hydroxyl groups is 1. The van der Waals surface area contributed by atoms with Crippen molar-refractivity contribution in [1.29, 1.82) is 0 Å². The topological polar surface area (TPSA) is 20.2 Å². The molecule has 0 saturated carbocycles. The lowest BCUT2D eigenvalue weighted by Crippen LogP contribution is -2.18. The molecular weight excluding hydrogens is 240 g/mol. The molecule has 0 spiro atoms. The largest absolute Gasteiger partial charge is 0.396 e. The Morgan fingerprint density at radius 1 is 1.00 bits per heavy atom. The van der Waals surface area contributed by atoms with E-state index in [-0.39, 0.29) is 12.5 Å². The van der Waals surface area contributed by atoms with Crippen LogP contribution in [-0.2, 0) is 0 Å². The summed E-state index contributed by atoms with van der Waals surface area (Å²) in [5.74, 6) is 0.553. The molecule has 2 aromatic carbocycles. The van der Waals surface area contributed by atoms with Gasteiger partial charge in [0.15, 0.2) is 0 Å². The average molecular weight is 256 g/mol. The first-order valence-corrected chi connectivity index (χ1v) is 7.09. The second-order valence-corrected chi connectivity index (χ2v) is 5.90. The molecule has 0 radical (unpaired) electrons. The van der Waals surface area contributed by atoms with E-state index in [1.807, 2.05) is 11.8 Å². The Bertz CT molecular complexity index is 519. The fraction of sp³-hybridized carbons (Fsp3) is 0.250. The summed E-state index contributed by atoms with van der Waals surface area (Å²) >= 11 is 1.83. The van der Waals surface area contributed by atoms with Crippen molar-refractivity contribution in [2.75, 3.05) is 6.61 Å². The number of hydrogen-bond acceptors (Lipinski definition) is 2. The van der Waals surface area contributed by atoms with Gasteiger partial charge >= 0.3 is 0 Å². The van der Waals surface area contributed by atoms with Gasteiger partial charge in [0.1, 0.15) is 0 Å². The first kappa shape index (κ1) is 11.8. The molecule has 1 heterocycles. The van der Waals surface area contributed by atoms with E-state index < -0.39 is 0 Å². The predicted molar refractivity (Wildman–Crippen MR) is 75.1 cm³/mol. The predicted octanol–water partition coefficient (Wildman–Crippen LogP) is 3.91. The van der Waals surface area contributed by atoms with Crippen LogP contribution in [0.5, 0.6) is 0 Å². The van der Waals surface area contributed by atoms with Crippen molar-refractivity contribution < 1.29 is 5.11 Å². The molecule has 0 bridgehead atoms. The fourth-order valence-electron chi connectivity index (χ4n) is 2.67. The second kappa shape index (κ2) is 4.79. The summed E-state index contributed by atoms with van der Waals surface area (Å²) in [4.78, 5) is 2.64. The number of aliphatic hydroxyl groups excluding tert-OH is 1. The first-order chi connectivity index (χ1) is 8.81. The van der Waals surface area contributed by atoms with Gasteiger partial charge in [0.05, 0.1) is 0 Å². The Labute approximate surface area is 112 Å². The van der Waals surface area contributed by atoms with Crippen molar-refractivity contribution in [1.82, 2.24) is 0 Å². The number of hydrogen-bond donors (Lipinski definition) is 1. The lowest BCUT2D eigenvalue weighted by atomic mass is 9.81. The molecule has 2 aromatic rings. The lowest BCUT2D eigenvalue weighted by molar-refractivity contribution is 0.223. The zero-order valence-electron chi connectivity index (χ0n) is 10.3. The molecular formula is C16H16OS. The maximum Gasteiger partial charge on any atom is 0.0465 e. The van der Waals surface area contributed by atoms with Gasteiger partial charge in [0.25, 0.3) is 0 Å². The van der Waals surface area contributed by atoms with Crippen LogP contribution in [0.25, 0.3) is 0 Å². The Hall–Kier alpha value is -1.25. The molecule has 1 nitrogen and oxygen atoms in total. The number of benzene rings is 2. The highest BCUT2D eigenvalue weighted by Crippen LogP contribution is 2.48. The Morgan fingerprint density at radius 3 is 2.00 bits per heavy atom. The van der Waals surface area contributed by atoms with Gasteiger partial charge in [-0.15, -0.1) is 0 Å². The monoisotopic (exact) mass is 256 g/mol. The highest BCUT2D eigenvalue weighted by atomic mass is 32.2. The number of fused-ring (bicyclic) bond motifs is 2. The molecule has 1 aliphatic rings. The van der Waals surface area contributed by atoms with Crippen LogP contribution in [0.1, 0.15) is 24.0 Å². The molecule has 0 saturated heterocycles. The summed E-state index contributed by atoms with van der Waals surface area (Å²) in [5.41, 5.74) is 2.70. The normalized spacial score (nSPS) is 15.9. The molecule has 1 aliphatic heterocycles. The molecule has 1 N–H and O–H groups in total. The van der Waals surface area contributed by atoms with E-state index in [4.69, 9.17) is 0 Å². The summed E-state index contributed by atoms with van der Waals surface area (Å²) in [6.07, 6.45) is 0. The molecule has 2 heteroatoms. The van der Waals surface area contributed by atoms with Crippen molar-refractivity contribution in [2.24, 2.45) is 5.92 Å². The van der Waals surface area contributed by atoms with Crippen molar-refractivity contribution in [2.45, 2.75) is 22.6 Å². The van der Waals surface area contributed by atoms with Gasteiger partial charge in [0, 0.05) is 22.3 Å². The minimum atomic E-state index is 0.220. The van der Waals surface area contributed by atoms with Gasteiger partial charge in [-0.3, -0.25) is 0 Å². The molecule has 1 atom stereocenters. The first-order valence-electron chi connectivity index (χ1n) is 6.28. The molecule has 0 unspecified atom stereocenters. The minimum Gasteiger partial charge on any atom is -0.396 e. The quantitative estimate of drug-likeness (QED) is 0.879. The second-order valence-electron chi connectivity index (χ2n) is 4.82. The lowest BCUT2D eigenvalue weighted by Gasteiger charge is -2.31. The van der Waals surface area contributed by atoms with Crippen LogP contribution in [0.4, 0.5) is 0 Å². The van der Waals surface area contributed by atoms with E-state index >= 15 is 0 Å². The molecule has 3 rings (SSSR count). The Balaban J connectivity index is 2.17. The maximum atomic E-state index is 9.53. The highest BCUT2D eigenvalue weighted by molar-refractivity contribution is 7.99. The van der Waals surface area contributed by atoms with Crippen LogP contribution in [0, 0.1) is 5.92 Å². The molecule has 92 valence electrons. The Morgan fingerprint density at radius 2 is 1.50 bits per heavy atom. The van der Waals surface area contributed by atoms with Crippen LogP contribution in [-0.4, -0.2) is 11.7 Å². The molecule has 0 amide bonds. The molecule has 0 fully saturated rings. The zero-order chi connectivity index (χ0) is 12.5. The highest BCUT2D eigenvalue weighted by Gasteiger charge is 2.29. The van der Waals surface area contributed by atoms with Crippen LogP contribution in [0.2, 0.25) is 0 Å². The SMILES string of the molecule is C[C@@H](CO)C1c2ccccc2Sc2ccccc21. The summed E-state index contributed by atoms with van der Waals surface area (Å²) in [6.45, 7) is 2.34. The molecule has 18 heavy (non-hydrogen) atoms. The molecule has 0 aromatic heterocycles. The van der Waals surface area contributed by atoms with Crippen molar-refractivity contribution in [3.63, 3.8) is 0 Å². The van der Waals surface area contributed by atoms with E-state index in [1.54, 1.807) is 0 Å². The summed E-state index contributed by atoms with van der Waals surface area (Å²) in [5, 5.41) is 9.53. The van der Waals surface area contributed by atoms with Crippen molar-refractivity contribution in [3.8, 4) is 0 Å². The fourth-order valence-corrected chi connectivity index (χ4v) is 3.82. The van der Waals surface area contributed by atoms with Gasteiger partial charge < -0.3 is 5.11 Å². The summed E-state index contributed by atoms with van der Waals surface area (Å²) in [7, 11) is 0. The summed E-state index contributed by atoms with van der Waals surface area (Å²) < 4.78 is 0. The average Bonchev–Trinajstić information content (AvgIpc) is 2.44. The van der Waals surface area contributed by atoms with Crippen LogP contribution in [0.3, 0.4) is 0 Å². The maximum absolute atomic E-state index is 9.53. The third kappa shape index (κ3) is 1.86. The Kier molecular flexibility index (Phi) is 3.14. The van der Waals surface area contributed by atoms with Crippen LogP contribution < -0.4 is 0 Å². The van der Waals surface area contributed by atoms with E-state index in [0.29, 0.717) is 5.92 Å².